The first kappa shape index (κ1) is 16.9. The summed E-state index contributed by atoms with van der Waals surface area (Å²) in [6.45, 7) is 6.60. The molecule has 104 valence electrons. The minimum absolute atomic E-state index is 0.230. The molecule has 0 saturated carbocycles. The summed E-state index contributed by atoms with van der Waals surface area (Å²) in [5.74, 6) is -2.05. The zero-order chi connectivity index (χ0) is 14.3. The molecule has 0 radical (unpaired) electrons. The lowest BCUT2D eigenvalue weighted by atomic mass is 9.98. The fraction of sp³-hybridized carbons (Fsp3) is 0.750. The molecule has 3 atom stereocenters. The summed E-state index contributed by atoms with van der Waals surface area (Å²) >= 11 is 5.31. The molecule has 18 heavy (non-hydrogen) atoms. The summed E-state index contributed by atoms with van der Waals surface area (Å²) in [6.07, 6.45) is -0.654. The SMILES string of the molecule is CCOC(=O)C(C)OC(=O)C(C)CC(C)C(=O)Cl. The highest BCUT2D eigenvalue weighted by Gasteiger charge is 2.25. The van der Waals surface area contributed by atoms with Crippen LogP contribution >= 0.6 is 11.6 Å². The van der Waals surface area contributed by atoms with E-state index in [0.29, 0.717) is 0 Å². The lowest BCUT2D eigenvalue weighted by Gasteiger charge is -2.17. The van der Waals surface area contributed by atoms with Crippen LogP contribution in [0, 0.1) is 11.8 Å². The summed E-state index contributed by atoms with van der Waals surface area (Å²) in [4.78, 5) is 33.7. The van der Waals surface area contributed by atoms with E-state index in [0.717, 1.165) is 0 Å². The van der Waals surface area contributed by atoms with Gasteiger partial charge in [0.25, 0.3) is 0 Å². The fourth-order valence-corrected chi connectivity index (χ4v) is 1.41. The quantitative estimate of drug-likeness (QED) is 0.525. The second-order valence-electron chi connectivity index (χ2n) is 4.17. The van der Waals surface area contributed by atoms with Gasteiger partial charge in [-0.1, -0.05) is 13.8 Å². The van der Waals surface area contributed by atoms with Gasteiger partial charge in [0.2, 0.25) is 5.24 Å². The number of hydrogen-bond acceptors (Lipinski definition) is 5. The molecule has 0 aromatic carbocycles. The predicted molar refractivity (Wildman–Crippen MR) is 66.0 cm³/mol. The van der Waals surface area contributed by atoms with Crippen LogP contribution in [0.1, 0.15) is 34.1 Å². The van der Waals surface area contributed by atoms with Crippen molar-refractivity contribution in [3.63, 3.8) is 0 Å². The number of esters is 2. The molecule has 6 heteroatoms. The van der Waals surface area contributed by atoms with Gasteiger partial charge in [0.05, 0.1) is 12.5 Å². The van der Waals surface area contributed by atoms with E-state index in [1.807, 2.05) is 0 Å². The first-order valence-corrected chi connectivity index (χ1v) is 6.23. The molecule has 0 rings (SSSR count). The first-order valence-electron chi connectivity index (χ1n) is 5.86. The first-order chi connectivity index (χ1) is 8.29. The number of rotatable bonds is 7. The van der Waals surface area contributed by atoms with Crippen LogP contribution in [0.2, 0.25) is 0 Å². The van der Waals surface area contributed by atoms with Gasteiger partial charge < -0.3 is 9.47 Å². The summed E-state index contributed by atoms with van der Waals surface area (Å²) < 4.78 is 9.65. The molecule has 5 nitrogen and oxygen atoms in total. The highest BCUT2D eigenvalue weighted by molar-refractivity contribution is 6.63. The molecule has 0 heterocycles. The second kappa shape index (κ2) is 8.08. The van der Waals surface area contributed by atoms with E-state index in [1.54, 1.807) is 20.8 Å². The van der Waals surface area contributed by atoms with Crippen molar-refractivity contribution in [2.24, 2.45) is 11.8 Å². The maximum atomic E-state index is 11.6. The monoisotopic (exact) mass is 278 g/mol. The van der Waals surface area contributed by atoms with Crippen molar-refractivity contribution in [2.45, 2.75) is 40.2 Å². The Labute approximate surface area is 112 Å². The Balaban J connectivity index is 4.23. The minimum atomic E-state index is -0.943. The number of ether oxygens (including phenoxy) is 2. The van der Waals surface area contributed by atoms with Crippen LogP contribution < -0.4 is 0 Å². The van der Waals surface area contributed by atoms with Gasteiger partial charge in [0.1, 0.15) is 0 Å². The van der Waals surface area contributed by atoms with Crippen LogP contribution in [0.15, 0.2) is 0 Å². The lowest BCUT2D eigenvalue weighted by Crippen LogP contribution is -2.29. The van der Waals surface area contributed by atoms with E-state index in [-0.39, 0.29) is 13.0 Å². The Kier molecular flexibility index (Phi) is 7.59. The van der Waals surface area contributed by atoms with Crippen molar-refractivity contribution in [3.05, 3.63) is 0 Å². The molecule has 0 N–H and O–H groups in total. The minimum Gasteiger partial charge on any atom is -0.463 e. The molecule has 0 spiro atoms. The average Bonchev–Trinajstić information content (AvgIpc) is 2.28. The highest BCUT2D eigenvalue weighted by Crippen LogP contribution is 2.16. The molecular weight excluding hydrogens is 260 g/mol. The van der Waals surface area contributed by atoms with E-state index in [2.05, 4.69) is 0 Å². The Morgan fingerprint density at radius 1 is 1.06 bits per heavy atom. The van der Waals surface area contributed by atoms with Crippen LogP contribution in [0.5, 0.6) is 0 Å². The molecule has 0 aromatic rings. The zero-order valence-corrected chi connectivity index (χ0v) is 11.8. The molecular formula is C12H19ClO5. The Morgan fingerprint density at radius 2 is 1.61 bits per heavy atom. The van der Waals surface area contributed by atoms with Crippen molar-refractivity contribution in [2.75, 3.05) is 6.61 Å². The van der Waals surface area contributed by atoms with Crippen LogP contribution in [0.25, 0.3) is 0 Å². The Morgan fingerprint density at radius 3 is 2.06 bits per heavy atom. The third-order valence-corrected chi connectivity index (χ3v) is 2.78. The highest BCUT2D eigenvalue weighted by atomic mass is 35.5. The molecule has 0 saturated heterocycles. The van der Waals surface area contributed by atoms with Gasteiger partial charge in [0.15, 0.2) is 6.10 Å². The molecule has 0 aliphatic heterocycles. The normalized spacial score (nSPS) is 15.4. The maximum absolute atomic E-state index is 11.6. The van der Waals surface area contributed by atoms with Crippen molar-refractivity contribution in [3.8, 4) is 0 Å². The second-order valence-corrected chi connectivity index (χ2v) is 4.55. The van der Waals surface area contributed by atoms with Crippen molar-refractivity contribution in [1.82, 2.24) is 0 Å². The Hall–Kier alpha value is -1.10. The Bertz CT molecular complexity index is 316. The third-order valence-electron chi connectivity index (χ3n) is 2.41. The standard InChI is InChI=1S/C12H19ClO5/c1-5-17-12(16)9(4)18-11(15)8(3)6-7(2)10(13)14/h7-9H,5-6H2,1-4H3. The number of carbonyl (C=O) groups excluding carboxylic acids is 3. The van der Waals surface area contributed by atoms with Crippen molar-refractivity contribution in [1.29, 1.82) is 0 Å². The third kappa shape index (κ3) is 6.00. The van der Waals surface area contributed by atoms with Crippen LogP contribution in [0.3, 0.4) is 0 Å². The topological polar surface area (TPSA) is 69.7 Å². The van der Waals surface area contributed by atoms with E-state index >= 15 is 0 Å². The average molecular weight is 279 g/mol. The number of hydrogen-bond donors (Lipinski definition) is 0. The van der Waals surface area contributed by atoms with Gasteiger partial charge in [-0.05, 0) is 31.9 Å². The van der Waals surface area contributed by atoms with E-state index in [4.69, 9.17) is 21.1 Å². The van der Waals surface area contributed by atoms with E-state index < -0.39 is 35.1 Å². The lowest BCUT2D eigenvalue weighted by molar-refractivity contribution is -0.168. The predicted octanol–water partition coefficient (Wildman–Crippen LogP) is 1.91. The molecule has 3 unspecified atom stereocenters. The molecule has 0 amide bonds. The summed E-state index contributed by atoms with van der Waals surface area (Å²) in [6, 6.07) is 0. The zero-order valence-electron chi connectivity index (χ0n) is 11.1. The van der Waals surface area contributed by atoms with Gasteiger partial charge in [-0.3, -0.25) is 9.59 Å². The van der Waals surface area contributed by atoms with Crippen LogP contribution in [-0.2, 0) is 23.9 Å². The van der Waals surface area contributed by atoms with Crippen molar-refractivity contribution >= 4 is 28.8 Å². The van der Waals surface area contributed by atoms with Gasteiger partial charge >= 0.3 is 11.9 Å². The smallest absolute Gasteiger partial charge is 0.347 e. The van der Waals surface area contributed by atoms with E-state index in [9.17, 15) is 14.4 Å². The largest absolute Gasteiger partial charge is 0.463 e. The summed E-state index contributed by atoms with van der Waals surface area (Å²) in [5, 5.41) is -0.493. The van der Waals surface area contributed by atoms with Gasteiger partial charge in [-0.15, -0.1) is 0 Å². The number of halogens is 1. The summed E-state index contributed by atoms with van der Waals surface area (Å²) in [7, 11) is 0. The molecule has 0 bridgehead atoms. The van der Waals surface area contributed by atoms with Gasteiger partial charge in [-0.25, -0.2) is 4.79 Å². The molecule has 0 fully saturated rings. The fourth-order valence-electron chi connectivity index (χ4n) is 1.32. The van der Waals surface area contributed by atoms with E-state index in [1.165, 1.54) is 6.92 Å². The van der Waals surface area contributed by atoms with Gasteiger partial charge in [0, 0.05) is 5.92 Å². The van der Waals surface area contributed by atoms with Crippen LogP contribution in [-0.4, -0.2) is 29.9 Å². The number of carbonyl (C=O) groups is 3. The van der Waals surface area contributed by atoms with Crippen molar-refractivity contribution < 1.29 is 23.9 Å². The summed E-state index contributed by atoms with van der Waals surface area (Å²) in [5.41, 5.74) is 0. The maximum Gasteiger partial charge on any atom is 0.347 e. The molecule has 0 aromatic heterocycles. The molecule has 0 aliphatic rings. The van der Waals surface area contributed by atoms with Crippen LogP contribution in [0.4, 0.5) is 0 Å². The molecule has 0 aliphatic carbocycles. The van der Waals surface area contributed by atoms with Gasteiger partial charge in [-0.2, -0.15) is 0 Å².